The Balaban J connectivity index is 1.37. The number of para-hydroxylation sites is 1. The molecule has 0 unspecified atom stereocenters. The molecule has 7 nitrogen and oxygen atoms in total. The number of hydrogen-bond donors (Lipinski definition) is 0. The van der Waals surface area contributed by atoms with E-state index in [1.165, 1.54) is 6.20 Å². The van der Waals surface area contributed by atoms with Crippen molar-refractivity contribution in [3.8, 4) is 11.6 Å². The van der Waals surface area contributed by atoms with Crippen LogP contribution in [-0.2, 0) is 6.18 Å². The van der Waals surface area contributed by atoms with Crippen molar-refractivity contribution < 1.29 is 17.9 Å². The lowest BCUT2D eigenvalue weighted by atomic mass is 10.2. The third-order valence-corrected chi connectivity index (χ3v) is 5.68. The molecule has 174 valence electrons. The Morgan fingerprint density at radius 1 is 1.00 bits per heavy atom. The van der Waals surface area contributed by atoms with Crippen LogP contribution in [0.2, 0.25) is 5.02 Å². The molecule has 4 rings (SSSR count). The molecule has 1 aliphatic rings. The highest BCUT2D eigenvalue weighted by Crippen LogP contribution is 2.29. The van der Waals surface area contributed by atoms with Gasteiger partial charge in [0.15, 0.2) is 5.82 Å². The Bertz CT molecular complexity index is 1130. The zero-order valence-electron chi connectivity index (χ0n) is 17.5. The lowest BCUT2D eigenvalue weighted by molar-refractivity contribution is -0.137. The van der Waals surface area contributed by atoms with E-state index in [-0.39, 0.29) is 10.8 Å². The summed E-state index contributed by atoms with van der Waals surface area (Å²) in [6.45, 7) is 4.16. The molecular formula is C22H21ClF3N5O2. The summed E-state index contributed by atoms with van der Waals surface area (Å²) in [5.41, 5.74) is -1.06. The standard InChI is InChI=1S/C22H21ClF3N5O2/c23-20-18(15-28-31(21(20)32)19-7-6-16(14-27-19)22(24,25)26)30-10-8-29(9-11-30)12-13-33-17-4-2-1-3-5-17/h1-7,14-15H,8-13H2. The molecule has 1 aromatic carbocycles. The molecule has 0 bridgehead atoms. The maximum atomic E-state index is 12.7. The lowest BCUT2D eigenvalue weighted by Gasteiger charge is -2.36. The van der Waals surface area contributed by atoms with Crippen LogP contribution in [0.15, 0.2) is 59.7 Å². The van der Waals surface area contributed by atoms with E-state index in [0.717, 1.165) is 42.2 Å². The fourth-order valence-electron chi connectivity index (χ4n) is 3.51. The highest BCUT2D eigenvalue weighted by molar-refractivity contribution is 6.33. The molecule has 0 amide bonds. The normalized spacial score (nSPS) is 15.0. The van der Waals surface area contributed by atoms with Gasteiger partial charge in [-0.05, 0) is 24.3 Å². The van der Waals surface area contributed by atoms with Gasteiger partial charge in [-0.25, -0.2) is 4.98 Å². The quantitative estimate of drug-likeness (QED) is 0.539. The first kappa shape index (κ1) is 23.1. The Labute approximate surface area is 193 Å². The number of anilines is 1. The monoisotopic (exact) mass is 479 g/mol. The minimum atomic E-state index is -4.51. The van der Waals surface area contributed by atoms with Gasteiger partial charge in [0.05, 0.1) is 17.4 Å². The number of alkyl halides is 3. The molecule has 0 atom stereocenters. The fraction of sp³-hybridized carbons (Fsp3) is 0.318. The molecule has 1 aliphatic heterocycles. The summed E-state index contributed by atoms with van der Waals surface area (Å²) in [6, 6.07) is 11.5. The van der Waals surface area contributed by atoms with Crippen molar-refractivity contribution in [3.63, 3.8) is 0 Å². The van der Waals surface area contributed by atoms with Crippen molar-refractivity contribution in [2.75, 3.05) is 44.2 Å². The van der Waals surface area contributed by atoms with Crippen LogP contribution in [0.5, 0.6) is 5.75 Å². The number of benzene rings is 1. The fourth-order valence-corrected chi connectivity index (χ4v) is 3.76. The Morgan fingerprint density at radius 2 is 1.73 bits per heavy atom. The van der Waals surface area contributed by atoms with E-state index in [1.807, 2.05) is 35.2 Å². The summed E-state index contributed by atoms with van der Waals surface area (Å²) in [7, 11) is 0. The van der Waals surface area contributed by atoms with E-state index in [1.54, 1.807) is 0 Å². The van der Waals surface area contributed by atoms with Crippen molar-refractivity contribution in [1.82, 2.24) is 19.7 Å². The van der Waals surface area contributed by atoms with Crippen molar-refractivity contribution >= 4 is 17.3 Å². The summed E-state index contributed by atoms with van der Waals surface area (Å²) < 4.78 is 44.8. The van der Waals surface area contributed by atoms with Crippen LogP contribution in [-0.4, -0.2) is 59.0 Å². The van der Waals surface area contributed by atoms with E-state index in [4.69, 9.17) is 16.3 Å². The van der Waals surface area contributed by atoms with E-state index < -0.39 is 17.3 Å². The first-order chi connectivity index (χ1) is 15.8. The van der Waals surface area contributed by atoms with Crippen LogP contribution in [0, 0.1) is 0 Å². The van der Waals surface area contributed by atoms with Crippen LogP contribution in [0.4, 0.5) is 18.9 Å². The maximum absolute atomic E-state index is 12.7. The molecule has 1 fully saturated rings. The van der Waals surface area contributed by atoms with Crippen LogP contribution in [0.1, 0.15) is 5.56 Å². The number of piperazine rings is 1. The number of aromatic nitrogens is 3. The number of ether oxygens (including phenoxy) is 1. The first-order valence-corrected chi connectivity index (χ1v) is 10.7. The van der Waals surface area contributed by atoms with Crippen LogP contribution in [0.3, 0.4) is 0 Å². The molecule has 1 saturated heterocycles. The smallest absolute Gasteiger partial charge is 0.417 e. The molecule has 0 saturated carbocycles. The Kier molecular flexibility index (Phi) is 6.85. The zero-order chi connectivity index (χ0) is 23.4. The van der Waals surface area contributed by atoms with Gasteiger partial charge in [-0.3, -0.25) is 9.69 Å². The average molecular weight is 480 g/mol. The molecule has 11 heteroatoms. The third kappa shape index (κ3) is 5.45. The number of halogens is 4. The number of pyridine rings is 1. The molecule has 3 aromatic rings. The van der Waals surface area contributed by atoms with Gasteiger partial charge in [0, 0.05) is 38.9 Å². The van der Waals surface area contributed by atoms with Gasteiger partial charge in [-0.2, -0.15) is 23.0 Å². The third-order valence-electron chi connectivity index (χ3n) is 5.33. The summed E-state index contributed by atoms with van der Waals surface area (Å²) in [5, 5.41) is 4.03. The van der Waals surface area contributed by atoms with Crippen LogP contribution >= 0.6 is 11.6 Å². The largest absolute Gasteiger partial charge is 0.492 e. The SMILES string of the molecule is O=c1c(Cl)c(N2CCN(CCOc3ccccc3)CC2)cnn1-c1ccc(C(F)(F)F)cn1. The lowest BCUT2D eigenvalue weighted by Crippen LogP contribution is -2.48. The van der Waals surface area contributed by atoms with Crippen LogP contribution < -0.4 is 15.2 Å². The first-order valence-electron chi connectivity index (χ1n) is 10.3. The molecule has 0 aliphatic carbocycles. The maximum Gasteiger partial charge on any atom is 0.417 e. The highest BCUT2D eigenvalue weighted by atomic mass is 35.5. The summed E-state index contributed by atoms with van der Waals surface area (Å²) in [4.78, 5) is 20.6. The van der Waals surface area contributed by atoms with E-state index >= 15 is 0 Å². The van der Waals surface area contributed by atoms with Gasteiger partial charge in [-0.1, -0.05) is 29.8 Å². The van der Waals surface area contributed by atoms with Crippen molar-refractivity contribution in [3.05, 3.63) is 75.8 Å². The molecule has 3 heterocycles. The molecule has 33 heavy (non-hydrogen) atoms. The second-order valence-corrected chi connectivity index (χ2v) is 7.83. The highest BCUT2D eigenvalue weighted by Gasteiger charge is 2.31. The van der Waals surface area contributed by atoms with Crippen molar-refractivity contribution in [2.45, 2.75) is 6.18 Å². The van der Waals surface area contributed by atoms with Crippen molar-refractivity contribution in [2.24, 2.45) is 0 Å². The van der Waals surface area contributed by atoms with Gasteiger partial charge >= 0.3 is 6.18 Å². The van der Waals surface area contributed by atoms with Crippen LogP contribution in [0.25, 0.3) is 5.82 Å². The van der Waals surface area contributed by atoms with Gasteiger partial charge in [0.1, 0.15) is 17.4 Å². The predicted molar refractivity (Wildman–Crippen MR) is 118 cm³/mol. The van der Waals surface area contributed by atoms with E-state index in [2.05, 4.69) is 15.0 Å². The predicted octanol–water partition coefficient (Wildman–Crippen LogP) is 3.50. The molecule has 2 aromatic heterocycles. The average Bonchev–Trinajstić information content (AvgIpc) is 2.82. The Hall–Kier alpha value is -3.11. The van der Waals surface area contributed by atoms with Gasteiger partial charge < -0.3 is 9.64 Å². The van der Waals surface area contributed by atoms with E-state index in [9.17, 15) is 18.0 Å². The summed E-state index contributed by atoms with van der Waals surface area (Å²) >= 11 is 6.32. The second-order valence-electron chi connectivity index (χ2n) is 7.45. The summed E-state index contributed by atoms with van der Waals surface area (Å²) in [6.07, 6.45) is -2.41. The van der Waals surface area contributed by atoms with Gasteiger partial charge in [0.25, 0.3) is 5.56 Å². The Morgan fingerprint density at radius 3 is 2.36 bits per heavy atom. The zero-order valence-corrected chi connectivity index (χ0v) is 18.3. The summed E-state index contributed by atoms with van der Waals surface area (Å²) in [5.74, 6) is 0.793. The minimum Gasteiger partial charge on any atom is -0.492 e. The molecular weight excluding hydrogens is 459 g/mol. The second kappa shape index (κ2) is 9.80. The number of rotatable bonds is 6. The molecule has 0 spiro atoms. The molecule has 0 radical (unpaired) electrons. The topological polar surface area (TPSA) is 63.5 Å². The number of nitrogens with zero attached hydrogens (tertiary/aromatic N) is 5. The van der Waals surface area contributed by atoms with E-state index in [0.29, 0.717) is 31.6 Å². The minimum absolute atomic E-state index is 0.0373. The van der Waals surface area contributed by atoms with Crippen molar-refractivity contribution in [1.29, 1.82) is 0 Å². The molecule has 0 N–H and O–H groups in total. The van der Waals surface area contributed by atoms with Gasteiger partial charge in [0.2, 0.25) is 0 Å². The van der Waals surface area contributed by atoms with Gasteiger partial charge in [-0.15, -0.1) is 0 Å². The number of hydrogen-bond acceptors (Lipinski definition) is 6.